The minimum absolute atomic E-state index is 0.254. The summed E-state index contributed by atoms with van der Waals surface area (Å²) >= 11 is 5.90. The zero-order valence-electron chi connectivity index (χ0n) is 10.1. The van der Waals surface area contributed by atoms with Gasteiger partial charge in [-0.05, 0) is 26.3 Å². The number of rotatable bonds is 4. The molecule has 0 aliphatic carbocycles. The second-order valence-electron chi connectivity index (χ2n) is 3.76. The molecular weight excluding hydrogens is 240 g/mol. The fraction of sp³-hybridized carbons (Fsp3) is 0.545. The van der Waals surface area contributed by atoms with Crippen LogP contribution < -0.4 is 0 Å². The van der Waals surface area contributed by atoms with Crippen molar-refractivity contribution in [2.24, 2.45) is 0 Å². The first-order valence-corrected chi connectivity index (χ1v) is 6.14. The molecule has 2 aromatic rings. The summed E-state index contributed by atoms with van der Waals surface area (Å²) in [6.07, 6.45) is 0.882. The summed E-state index contributed by atoms with van der Waals surface area (Å²) in [6, 6.07) is 1.97. The van der Waals surface area contributed by atoms with Crippen LogP contribution in [0.1, 0.15) is 37.7 Å². The molecule has 1 atom stereocenters. The highest BCUT2D eigenvalue weighted by Crippen LogP contribution is 2.22. The average molecular weight is 255 g/mol. The van der Waals surface area contributed by atoms with Gasteiger partial charge in [0.25, 0.3) is 5.89 Å². The van der Waals surface area contributed by atoms with E-state index in [-0.39, 0.29) is 5.38 Å². The van der Waals surface area contributed by atoms with E-state index in [9.17, 15) is 0 Å². The Morgan fingerprint density at radius 1 is 1.47 bits per heavy atom. The van der Waals surface area contributed by atoms with E-state index in [0.717, 1.165) is 24.4 Å². The van der Waals surface area contributed by atoms with Crippen LogP contribution in [0, 0.1) is 0 Å². The van der Waals surface area contributed by atoms with Gasteiger partial charge in [0.15, 0.2) is 5.82 Å². The summed E-state index contributed by atoms with van der Waals surface area (Å²) in [5.74, 6) is 0.977. The maximum Gasteiger partial charge on any atom is 0.276 e. The molecule has 0 saturated heterocycles. The van der Waals surface area contributed by atoms with Crippen molar-refractivity contribution in [3.63, 3.8) is 0 Å². The van der Waals surface area contributed by atoms with Crippen molar-refractivity contribution >= 4 is 11.6 Å². The maximum absolute atomic E-state index is 5.90. The lowest BCUT2D eigenvalue weighted by Crippen LogP contribution is -1.99. The molecule has 92 valence electrons. The van der Waals surface area contributed by atoms with E-state index in [1.54, 1.807) is 0 Å². The number of aryl methyl sites for hydroxylation is 2. The molecule has 0 aromatic carbocycles. The summed E-state index contributed by atoms with van der Waals surface area (Å²) in [5, 5.41) is 8.02. The Morgan fingerprint density at radius 2 is 2.24 bits per heavy atom. The Kier molecular flexibility index (Phi) is 3.47. The Bertz CT molecular complexity index is 503. The van der Waals surface area contributed by atoms with Crippen molar-refractivity contribution < 1.29 is 4.52 Å². The monoisotopic (exact) mass is 254 g/mol. The number of nitrogens with zero attached hydrogens (tertiary/aromatic N) is 4. The van der Waals surface area contributed by atoms with E-state index < -0.39 is 0 Å². The number of halogens is 1. The van der Waals surface area contributed by atoms with Crippen molar-refractivity contribution in [3.8, 4) is 11.6 Å². The topological polar surface area (TPSA) is 56.7 Å². The molecule has 2 rings (SSSR count). The minimum atomic E-state index is -0.254. The van der Waals surface area contributed by atoms with Crippen LogP contribution in [0.3, 0.4) is 0 Å². The normalized spacial score (nSPS) is 12.9. The van der Waals surface area contributed by atoms with Gasteiger partial charge < -0.3 is 4.52 Å². The highest BCUT2D eigenvalue weighted by Gasteiger charge is 2.17. The Balaban J connectivity index is 2.40. The van der Waals surface area contributed by atoms with E-state index in [2.05, 4.69) is 22.2 Å². The van der Waals surface area contributed by atoms with Crippen LogP contribution in [0.2, 0.25) is 0 Å². The highest BCUT2D eigenvalue weighted by atomic mass is 35.5. The van der Waals surface area contributed by atoms with Gasteiger partial charge in [0.1, 0.15) is 5.69 Å². The Labute approximate surface area is 105 Å². The molecule has 2 aromatic heterocycles. The molecule has 0 N–H and O–H groups in total. The van der Waals surface area contributed by atoms with Crippen LogP contribution in [-0.2, 0) is 13.0 Å². The maximum atomic E-state index is 5.90. The van der Waals surface area contributed by atoms with Crippen molar-refractivity contribution in [2.45, 2.75) is 39.1 Å². The van der Waals surface area contributed by atoms with Gasteiger partial charge >= 0.3 is 0 Å². The standard InChI is InChI=1S/C11H15ClN4O/c1-4-8-6-9(16(5-2)14-8)11-13-10(7(3)12)15-17-11/h6-7H,4-5H2,1-3H3. The molecule has 0 aliphatic heterocycles. The molecule has 6 heteroatoms. The summed E-state index contributed by atoms with van der Waals surface area (Å²) in [6.45, 7) is 6.66. The van der Waals surface area contributed by atoms with Gasteiger partial charge in [-0.2, -0.15) is 10.1 Å². The first-order chi connectivity index (χ1) is 8.15. The van der Waals surface area contributed by atoms with Crippen molar-refractivity contribution in [1.29, 1.82) is 0 Å². The minimum Gasteiger partial charge on any atom is -0.332 e. The van der Waals surface area contributed by atoms with E-state index in [4.69, 9.17) is 16.1 Å². The molecule has 0 radical (unpaired) electrons. The van der Waals surface area contributed by atoms with Crippen LogP contribution in [0.15, 0.2) is 10.6 Å². The van der Waals surface area contributed by atoms with Gasteiger partial charge in [-0.1, -0.05) is 12.1 Å². The van der Waals surface area contributed by atoms with E-state index in [0.29, 0.717) is 11.7 Å². The Hall–Kier alpha value is -1.36. The van der Waals surface area contributed by atoms with Crippen LogP contribution in [0.25, 0.3) is 11.6 Å². The smallest absolute Gasteiger partial charge is 0.276 e. The van der Waals surface area contributed by atoms with Gasteiger partial charge in [0.2, 0.25) is 0 Å². The van der Waals surface area contributed by atoms with Gasteiger partial charge in [-0.25, -0.2) is 0 Å². The van der Waals surface area contributed by atoms with Crippen molar-refractivity contribution in [1.82, 2.24) is 19.9 Å². The van der Waals surface area contributed by atoms with E-state index in [1.165, 1.54) is 0 Å². The highest BCUT2D eigenvalue weighted by molar-refractivity contribution is 6.20. The van der Waals surface area contributed by atoms with Gasteiger partial charge in [-0.15, -0.1) is 11.6 Å². The van der Waals surface area contributed by atoms with Crippen LogP contribution in [0.5, 0.6) is 0 Å². The number of hydrogen-bond donors (Lipinski definition) is 0. The molecule has 5 nitrogen and oxygen atoms in total. The van der Waals surface area contributed by atoms with E-state index in [1.807, 2.05) is 24.6 Å². The fourth-order valence-corrected chi connectivity index (χ4v) is 1.65. The average Bonchev–Trinajstić information content (AvgIpc) is 2.94. The predicted octanol–water partition coefficient (Wildman–Crippen LogP) is 2.82. The second-order valence-corrected chi connectivity index (χ2v) is 4.42. The van der Waals surface area contributed by atoms with Gasteiger partial charge in [0, 0.05) is 6.54 Å². The molecule has 0 bridgehead atoms. The molecule has 0 spiro atoms. The summed E-state index contributed by atoms with van der Waals surface area (Å²) in [4.78, 5) is 4.27. The Morgan fingerprint density at radius 3 is 2.76 bits per heavy atom. The largest absolute Gasteiger partial charge is 0.332 e. The second kappa shape index (κ2) is 4.87. The molecule has 0 aliphatic rings. The summed E-state index contributed by atoms with van der Waals surface area (Å²) in [5.41, 5.74) is 1.86. The van der Waals surface area contributed by atoms with Crippen LogP contribution in [-0.4, -0.2) is 19.9 Å². The first kappa shape index (κ1) is 12.1. The van der Waals surface area contributed by atoms with Gasteiger partial charge in [-0.3, -0.25) is 4.68 Å². The van der Waals surface area contributed by atoms with Crippen molar-refractivity contribution in [3.05, 3.63) is 17.6 Å². The molecule has 17 heavy (non-hydrogen) atoms. The lowest BCUT2D eigenvalue weighted by atomic mass is 10.3. The number of hydrogen-bond acceptors (Lipinski definition) is 4. The zero-order valence-corrected chi connectivity index (χ0v) is 10.9. The molecule has 0 saturated carbocycles. The third-order valence-electron chi connectivity index (χ3n) is 2.51. The molecule has 2 heterocycles. The molecule has 0 fully saturated rings. The number of aromatic nitrogens is 4. The lowest BCUT2D eigenvalue weighted by molar-refractivity contribution is 0.418. The SMILES string of the molecule is CCc1cc(-c2nc(C(C)Cl)no2)n(CC)n1. The van der Waals surface area contributed by atoms with Crippen LogP contribution in [0.4, 0.5) is 0 Å². The van der Waals surface area contributed by atoms with E-state index >= 15 is 0 Å². The van der Waals surface area contributed by atoms with Gasteiger partial charge in [0.05, 0.1) is 11.1 Å². The molecule has 0 amide bonds. The third-order valence-corrected chi connectivity index (χ3v) is 2.70. The fourth-order valence-electron chi connectivity index (χ4n) is 1.56. The summed E-state index contributed by atoms with van der Waals surface area (Å²) in [7, 11) is 0. The molecular formula is C11H15ClN4O. The number of alkyl halides is 1. The van der Waals surface area contributed by atoms with Crippen molar-refractivity contribution in [2.75, 3.05) is 0 Å². The third kappa shape index (κ3) is 2.34. The quantitative estimate of drug-likeness (QED) is 0.788. The predicted molar refractivity (Wildman–Crippen MR) is 64.8 cm³/mol. The summed E-state index contributed by atoms with van der Waals surface area (Å²) < 4.78 is 7.06. The van der Waals surface area contributed by atoms with Crippen LogP contribution >= 0.6 is 11.6 Å². The first-order valence-electron chi connectivity index (χ1n) is 5.70. The zero-order chi connectivity index (χ0) is 12.4. The molecule has 1 unspecified atom stereocenters. The lowest BCUT2D eigenvalue weighted by Gasteiger charge is -1.98.